The molecular weight excluding hydrogens is 821 g/mol. The van der Waals surface area contributed by atoms with Crippen molar-refractivity contribution in [2.24, 2.45) is 0 Å². The van der Waals surface area contributed by atoms with Crippen molar-refractivity contribution in [2.75, 3.05) is 0 Å². The zero-order chi connectivity index (χ0) is 43.7. The van der Waals surface area contributed by atoms with Crippen molar-refractivity contribution < 1.29 is 0 Å². The van der Waals surface area contributed by atoms with Gasteiger partial charge in [0.1, 0.15) is 6.33 Å². The van der Waals surface area contributed by atoms with Crippen molar-refractivity contribution in [3.63, 3.8) is 0 Å². The second-order valence-electron chi connectivity index (χ2n) is 17.3. The predicted molar refractivity (Wildman–Crippen MR) is 274 cm³/mol. The summed E-state index contributed by atoms with van der Waals surface area (Å²) in [6.45, 7) is 0. The van der Waals surface area contributed by atoms with E-state index >= 15 is 0 Å². The van der Waals surface area contributed by atoms with E-state index in [1.807, 2.05) is 12.4 Å². The lowest BCUT2D eigenvalue weighted by atomic mass is 10.1. The Labute approximate surface area is 382 Å². The molecule has 0 aliphatic carbocycles. The highest BCUT2D eigenvalue weighted by molar-refractivity contribution is 6.27. The van der Waals surface area contributed by atoms with Gasteiger partial charge in [0, 0.05) is 60.2 Å². The summed E-state index contributed by atoms with van der Waals surface area (Å²) in [6.07, 6.45) is 1.88. The van der Waals surface area contributed by atoms with Gasteiger partial charge >= 0.3 is 0 Å². The molecule has 15 rings (SSSR count). The predicted octanol–water partition coefficient (Wildman–Crippen LogP) is 14.2. The molecule has 0 atom stereocenters. The smallest absolute Gasteiger partial charge is 0.238 e. The Morgan fingerprint density at radius 1 is 0.299 bits per heavy atom. The first kappa shape index (κ1) is 36.1. The molecule has 6 aromatic heterocycles. The number of hydrogen-bond acceptors (Lipinski definition) is 3. The third-order valence-corrected chi connectivity index (χ3v) is 13.8. The molecule has 67 heavy (non-hydrogen) atoms. The highest BCUT2D eigenvalue weighted by atomic mass is 15.2. The SMILES string of the molecule is c1ccc(-n2cnc3c(-n4c5ccccc5c5c4ccc4c6ccccc6n(-c6ccccc6)c45)nc(-n4c5ccccc5c5c4ccc4c6ccccc6n(-c6ccccc6)c45)nc32)cc1. The van der Waals surface area contributed by atoms with Gasteiger partial charge in [-0.05, 0) is 72.8 Å². The van der Waals surface area contributed by atoms with Gasteiger partial charge in [0.05, 0.1) is 44.1 Å². The monoisotopic (exact) mass is 856 g/mol. The highest BCUT2D eigenvalue weighted by Crippen LogP contribution is 2.45. The number of para-hydroxylation sites is 7. The maximum atomic E-state index is 5.73. The maximum absolute atomic E-state index is 5.73. The fourth-order valence-electron chi connectivity index (χ4n) is 11.1. The Morgan fingerprint density at radius 2 is 0.716 bits per heavy atom. The Kier molecular flexibility index (Phi) is 7.34. The van der Waals surface area contributed by atoms with E-state index in [0.29, 0.717) is 22.9 Å². The molecule has 0 spiro atoms. The molecule has 0 N–H and O–H groups in total. The van der Waals surface area contributed by atoms with Crippen LogP contribution in [0.4, 0.5) is 0 Å². The van der Waals surface area contributed by atoms with Crippen LogP contribution in [0.5, 0.6) is 0 Å². The minimum absolute atomic E-state index is 0.554. The summed E-state index contributed by atoms with van der Waals surface area (Å²) in [5, 5.41) is 9.35. The molecule has 8 heteroatoms. The number of rotatable bonds is 5. The fraction of sp³-hybridized carbons (Fsp3) is 0. The largest absolute Gasteiger partial charge is 0.309 e. The topological polar surface area (TPSA) is 63.3 Å². The molecule has 0 unspecified atom stereocenters. The molecule has 8 nitrogen and oxygen atoms in total. The van der Waals surface area contributed by atoms with E-state index in [0.717, 1.165) is 82.7 Å². The standard InChI is InChI=1S/C59H36N8/c1-4-18-37(19-5-1)63-36-60-54-57(63)61-59(67-49-31-17-13-27-45(49)53-51(67)35-33-43-41-25-11-15-29-47(41)65(56(43)53)39-22-8-3-9-23-39)62-58(54)66-48-30-16-12-26-44(48)52-50(66)34-32-42-40-24-10-14-28-46(40)64(55(42)52)38-20-6-2-7-21-38/h1-36H. The molecule has 15 aromatic rings. The van der Waals surface area contributed by atoms with Crippen LogP contribution in [0, 0.1) is 0 Å². The van der Waals surface area contributed by atoms with Crippen molar-refractivity contribution in [2.45, 2.75) is 0 Å². The van der Waals surface area contributed by atoms with Crippen LogP contribution in [0.3, 0.4) is 0 Å². The first-order valence-corrected chi connectivity index (χ1v) is 22.6. The molecule has 0 saturated heterocycles. The number of nitrogens with zero attached hydrogens (tertiary/aromatic N) is 8. The number of imidazole rings is 1. The Morgan fingerprint density at radius 3 is 1.24 bits per heavy atom. The maximum Gasteiger partial charge on any atom is 0.238 e. The van der Waals surface area contributed by atoms with Crippen LogP contribution >= 0.6 is 0 Å². The van der Waals surface area contributed by atoms with Gasteiger partial charge in [-0.2, -0.15) is 9.97 Å². The summed E-state index contributed by atoms with van der Waals surface area (Å²) >= 11 is 0. The first-order valence-electron chi connectivity index (χ1n) is 22.6. The van der Waals surface area contributed by atoms with Crippen molar-refractivity contribution in [3.8, 4) is 28.8 Å². The molecule has 0 fully saturated rings. The molecule has 0 amide bonds. The zero-order valence-electron chi connectivity index (χ0n) is 35.9. The number of hydrogen-bond donors (Lipinski definition) is 0. The molecule has 9 aromatic carbocycles. The van der Waals surface area contributed by atoms with E-state index < -0.39 is 0 Å². The van der Waals surface area contributed by atoms with Crippen LogP contribution in [0.15, 0.2) is 219 Å². The number of benzene rings is 9. The van der Waals surface area contributed by atoms with Crippen LogP contribution in [0.1, 0.15) is 0 Å². The summed E-state index contributed by atoms with van der Waals surface area (Å²) in [5.74, 6) is 1.26. The zero-order valence-corrected chi connectivity index (χ0v) is 35.9. The van der Waals surface area contributed by atoms with Crippen molar-refractivity contribution in [1.82, 2.24) is 37.8 Å². The summed E-state index contributed by atoms with van der Waals surface area (Å²) in [5.41, 5.74) is 13.3. The minimum Gasteiger partial charge on any atom is -0.309 e. The molecule has 0 aliphatic heterocycles. The average Bonchev–Trinajstić information content (AvgIpc) is 4.21. The summed E-state index contributed by atoms with van der Waals surface area (Å²) in [6, 6.07) is 75.6. The highest BCUT2D eigenvalue weighted by Gasteiger charge is 2.27. The van der Waals surface area contributed by atoms with E-state index in [-0.39, 0.29) is 0 Å². The van der Waals surface area contributed by atoms with E-state index in [1.165, 1.54) is 21.5 Å². The third-order valence-electron chi connectivity index (χ3n) is 13.8. The minimum atomic E-state index is 0.554. The van der Waals surface area contributed by atoms with Gasteiger partial charge in [-0.25, -0.2) is 4.98 Å². The average molecular weight is 857 g/mol. The summed E-state index contributed by atoms with van der Waals surface area (Å²) in [7, 11) is 0. The number of fused-ring (bicyclic) bond motifs is 15. The molecule has 0 bridgehead atoms. The fourth-order valence-corrected chi connectivity index (χ4v) is 11.1. The molecule has 0 radical (unpaired) electrons. The van der Waals surface area contributed by atoms with Gasteiger partial charge in [-0.1, -0.05) is 140 Å². The lowest BCUT2D eigenvalue weighted by Crippen LogP contribution is -2.08. The summed E-state index contributed by atoms with van der Waals surface area (Å²) < 4.78 is 11.5. The van der Waals surface area contributed by atoms with Crippen molar-refractivity contribution in [3.05, 3.63) is 219 Å². The third kappa shape index (κ3) is 4.93. The second-order valence-corrected chi connectivity index (χ2v) is 17.3. The van der Waals surface area contributed by atoms with Gasteiger partial charge in [-0.3, -0.25) is 13.7 Å². The Hall–Kier alpha value is -9.27. The Bertz CT molecular complexity index is 4490. The van der Waals surface area contributed by atoms with Gasteiger partial charge < -0.3 is 9.13 Å². The van der Waals surface area contributed by atoms with Gasteiger partial charge in [-0.15, -0.1) is 0 Å². The van der Waals surface area contributed by atoms with Crippen LogP contribution < -0.4 is 0 Å². The lowest BCUT2D eigenvalue weighted by Gasteiger charge is -2.13. The summed E-state index contributed by atoms with van der Waals surface area (Å²) in [4.78, 5) is 16.5. The molecular formula is C59H36N8. The normalized spacial score (nSPS) is 12.2. The van der Waals surface area contributed by atoms with E-state index in [1.54, 1.807) is 0 Å². The van der Waals surface area contributed by atoms with Crippen LogP contribution in [-0.2, 0) is 0 Å². The Balaban J connectivity index is 1.10. The van der Waals surface area contributed by atoms with Gasteiger partial charge in [0.15, 0.2) is 17.0 Å². The first-order chi connectivity index (χ1) is 33.3. The lowest BCUT2D eigenvalue weighted by molar-refractivity contribution is 0.957. The molecule has 6 heterocycles. The van der Waals surface area contributed by atoms with Crippen LogP contribution in [0.25, 0.3) is 127 Å². The molecule has 0 saturated carbocycles. The van der Waals surface area contributed by atoms with E-state index in [4.69, 9.17) is 15.0 Å². The molecule has 312 valence electrons. The van der Waals surface area contributed by atoms with Crippen molar-refractivity contribution >= 4 is 98.4 Å². The molecule has 0 aliphatic rings. The van der Waals surface area contributed by atoms with Gasteiger partial charge in [0.25, 0.3) is 0 Å². The van der Waals surface area contributed by atoms with Crippen LogP contribution in [0.2, 0.25) is 0 Å². The van der Waals surface area contributed by atoms with E-state index in [2.05, 4.69) is 229 Å². The second kappa shape index (κ2) is 13.6. The number of aromatic nitrogens is 8. The van der Waals surface area contributed by atoms with Crippen molar-refractivity contribution in [1.29, 1.82) is 0 Å². The van der Waals surface area contributed by atoms with Crippen LogP contribution in [-0.4, -0.2) is 37.8 Å². The van der Waals surface area contributed by atoms with E-state index in [9.17, 15) is 0 Å². The van der Waals surface area contributed by atoms with Gasteiger partial charge in [0.2, 0.25) is 5.95 Å². The quantitative estimate of drug-likeness (QED) is 0.173.